The fourth-order valence-corrected chi connectivity index (χ4v) is 2.97. The molecule has 5 heteroatoms. The average molecular weight is 375 g/mol. The fourth-order valence-electron chi connectivity index (χ4n) is 2.53. The molecule has 1 fully saturated rings. The number of benzene rings is 2. The van der Waals surface area contributed by atoms with Crippen LogP contribution in [-0.4, -0.2) is 18.5 Å². The summed E-state index contributed by atoms with van der Waals surface area (Å²) in [5, 5.41) is 6.10. The van der Waals surface area contributed by atoms with Crippen molar-refractivity contribution in [3.05, 3.63) is 64.1 Å². The number of amides is 1. The molecule has 2 aromatic rings. The molecule has 0 saturated carbocycles. The van der Waals surface area contributed by atoms with Crippen LogP contribution in [0.5, 0.6) is 5.75 Å². The lowest BCUT2D eigenvalue weighted by Crippen LogP contribution is -2.35. The summed E-state index contributed by atoms with van der Waals surface area (Å²) in [6, 6.07) is 16.0. The monoisotopic (exact) mass is 374 g/mol. The van der Waals surface area contributed by atoms with Gasteiger partial charge in [0.2, 0.25) is 5.91 Å². The Kier molecular flexibility index (Phi) is 5.31. The molecule has 0 aromatic heterocycles. The maximum absolute atomic E-state index is 11.5. The van der Waals surface area contributed by atoms with Crippen LogP contribution in [0.4, 0.5) is 0 Å². The van der Waals surface area contributed by atoms with Gasteiger partial charge >= 0.3 is 0 Å². The SMILES string of the molecule is O=C1NCC[C@@H]1NCc1ccc(OCc2cccc(Br)c2)cc1. The normalized spacial score (nSPS) is 17.1. The van der Waals surface area contributed by atoms with Gasteiger partial charge in [0.1, 0.15) is 12.4 Å². The third-order valence-electron chi connectivity index (χ3n) is 3.82. The molecule has 2 N–H and O–H groups in total. The Labute approximate surface area is 144 Å². The van der Waals surface area contributed by atoms with Gasteiger partial charge in [0.15, 0.2) is 0 Å². The third kappa shape index (κ3) is 4.56. The smallest absolute Gasteiger partial charge is 0.237 e. The molecule has 0 aliphatic carbocycles. The molecule has 1 saturated heterocycles. The van der Waals surface area contributed by atoms with Gasteiger partial charge in [0.05, 0.1) is 6.04 Å². The molecule has 4 nitrogen and oxygen atoms in total. The molecular formula is C18H19BrN2O2. The first-order valence-electron chi connectivity index (χ1n) is 7.68. The number of hydrogen-bond acceptors (Lipinski definition) is 3. The second-order valence-electron chi connectivity index (χ2n) is 5.58. The van der Waals surface area contributed by atoms with Crippen LogP contribution in [0.2, 0.25) is 0 Å². The quantitative estimate of drug-likeness (QED) is 0.816. The van der Waals surface area contributed by atoms with E-state index in [1.807, 2.05) is 48.5 Å². The molecule has 2 aromatic carbocycles. The summed E-state index contributed by atoms with van der Waals surface area (Å²) in [6.45, 7) is 1.99. The lowest BCUT2D eigenvalue weighted by Gasteiger charge is -2.11. The molecule has 1 aliphatic heterocycles. The highest BCUT2D eigenvalue weighted by Crippen LogP contribution is 2.17. The predicted octanol–water partition coefficient (Wildman–Crippen LogP) is 3.01. The summed E-state index contributed by atoms with van der Waals surface area (Å²) < 4.78 is 6.84. The molecule has 1 amide bonds. The highest BCUT2D eigenvalue weighted by Gasteiger charge is 2.22. The van der Waals surface area contributed by atoms with Crippen LogP contribution in [0.15, 0.2) is 53.0 Å². The fraction of sp³-hybridized carbons (Fsp3) is 0.278. The summed E-state index contributed by atoms with van der Waals surface area (Å²) in [6.07, 6.45) is 0.854. The standard InChI is InChI=1S/C18H19BrN2O2/c19-15-3-1-2-14(10-15)12-23-16-6-4-13(5-7-16)11-21-17-8-9-20-18(17)22/h1-7,10,17,21H,8-9,11-12H2,(H,20,22)/t17-/m0/s1. The highest BCUT2D eigenvalue weighted by atomic mass is 79.9. The van der Waals surface area contributed by atoms with Crippen molar-refractivity contribution in [2.24, 2.45) is 0 Å². The number of nitrogens with one attached hydrogen (secondary N) is 2. The molecule has 120 valence electrons. The minimum absolute atomic E-state index is 0.0672. The van der Waals surface area contributed by atoms with E-state index in [0.717, 1.165) is 34.3 Å². The lowest BCUT2D eigenvalue weighted by atomic mass is 10.2. The first kappa shape index (κ1) is 16.0. The number of carbonyl (C=O) groups excluding carboxylic acids is 1. The van der Waals surface area contributed by atoms with Crippen molar-refractivity contribution in [3.63, 3.8) is 0 Å². The number of halogens is 1. The summed E-state index contributed by atoms with van der Waals surface area (Å²) in [5.74, 6) is 0.936. The van der Waals surface area contributed by atoms with Gasteiger partial charge in [-0.2, -0.15) is 0 Å². The van der Waals surface area contributed by atoms with E-state index in [9.17, 15) is 4.79 Å². The topological polar surface area (TPSA) is 50.4 Å². The van der Waals surface area contributed by atoms with E-state index in [1.54, 1.807) is 0 Å². The van der Waals surface area contributed by atoms with Gasteiger partial charge in [-0.25, -0.2) is 0 Å². The van der Waals surface area contributed by atoms with Gasteiger partial charge in [0.25, 0.3) is 0 Å². The van der Waals surface area contributed by atoms with Crippen LogP contribution in [-0.2, 0) is 17.9 Å². The summed E-state index contributed by atoms with van der Waals surface area (Å²) in [5.41, 5.74) is 2.26. The van der Waals surface area contributed by atoms with Gasteiger partial charge in [-0.05, 0) is 41.8 Å². The van der Waals surface area contributed by atoms with Gasteiger partial charge in [-0.1, -0.05) is 40.2 Å². The molecule has 0 bridgehead atoms. The van der Waals surface area contributed by atoms with Crippen molar-refractivity contribution >= 4 is 21.8 Å². The van der Waals surface area contributed by atoms with Gasteiger partial charge in [-0.15, -0.1) is 0 Å². The predicted molar refractivity (Wildman–Crippen MR) is 93.2 cm³/mol. The Morgan fingerprint density at radius 1 is 1.17 bits per heavy atom. The Morgan fingerprint density at radius 3 is 2.70 bits per heavy atom. The van der Waals surface area contributed by atoms with Crippen molar-refractivity contribution in [2.75, 3.05) is 6.54 Å². The zero-order valence-electron chi connectivity index (χ0n) is 12.7. The highest BCUT2D eigenvalue weighted by molar-refractivity contribution is 9.10. The molecule has 1 heterocycles. The molecule has 0 unspecified atom stereocenters. The Morgan fingerprint density at radius 2 is 2.00 bits per heavy atom. The van der Waals surface area contributed by atoms with Crippen LogP contribution in [0.25, 0.3) is 0 Å². The Hall–Kier alpha value is -1.85. The number of rotatable bonds is 6. The van der Waals surface area contributed by atoms with Crippen LogP contribution >= 0.6 is 15.9 Å². The van der Waals surface area contributed by atoms with Crippen molar-refractivity contribution in [3.8, 4) is 5.75 Å². The van der Waals surface area contributed by atoms with E-state index < -0.39 is 0 Å². The first-order chi connectivity index (χ1) is 11.2. The van der Waals surface area contributed by atoms with Crippen molar-refractivity contribution in [1.29, 1.82) is 0 Å². The maximum atomic E-state index is 11.5. The summed E-state index contributed by atoms with van der Waals surface area (Å²) >= 11 is 3.46. The van der Waals surface area contributed by atoms with E-state index in [1.165, 1.54) is 0 Å². The minimum atomic E-state index is -0.0672. The van der Waals surface area contributed by atoms with E-state index in [0.29, 0.717) is 13.2 Å². The lowest BCUT2D eigenvalue weighted by molar-refractivity contribution is -0.120. The van der Waals surface area contributed by atoms with Gasteiger partial charge in [-0.3, -0.25) is 4.79 Å². The molecule has 1 atom stereocenters. The number of hydrogen-bond donors (Lipinski definition) is 2. The number of carbonyl (C=O) groups is 1. The Balaban J connectivity index is 1.49. The zero-order valence-corrected chi connectivity index (χ0v) is 14.3. The van der Waals surface area contributed by atoms with Crippen molar-refractivity contribution in [1.82, 2.24) is 10.6 Å². The van der Waals surface area contributed by atoms with Crippen molar-refractivity contribution in [2.45, 2.75) is 25.6 Å². The van der Waals surface area contributed by atoms with Crippen LogP contribution in [0.1, 0.15) is 17.5 Å². The average Bonchev–Trinajstić information content (AvgIpc) is 2.97. The van der Waals surface area contributed by atoms with Crippen LogP contribution in [0.3, 0.4) is 0 Å². The van der Waals surface area contributed by atoms with Crippen molar-refractivity contribution < 1.29 is 9.53 Å². The molecule has 0 radical (unpaired) electrons. The molecular weight excluding hydrogens is 356 g/mol. The number of ether oxygens (including phenoxy) is 1. The molecule has 3 rings (SSSR count). The second-order valence-corrected chi connectivity index (χ2v) is 6.49. The van der Waals surface area contributed by atoms with E-state index >= 15 is 0 Å². The van der Waals surface area contributed by atoms with Crippen LogP contribution < -0.4 is 15.4 Å². The van der Waals surface area contributed by atoms with E-state index in [2.05, 4.69) is 26.6 Å². The van der Waals surface area contributed by atoms with Gasteiger partial charge in [0, 0.05) is 17.6 Å². The first-order valence-corrected chi connectivity index (χ1v) is 8.47. The summed E-state index contributed by atoms with van der Waals surface area (Å²) in [7, 11) is 0. The third-order valence-corrected chi connectivity index (χ3v) is 4.31. The largest absolute Gasteiger partial charge is 0.489 e. The molecule has 23 heavy (non-hydrogen) atoms. The minimum Gasteiger partial charge on any atom is -0.489 e. The summed E-state index contributed by atoms with van der Waals surface area (Å²) in [4.78, 5) is 11.5. The van der Waals surface area contributed by atoms with E-state index in [-0.39, 0.29) is 11.9 Å². The maximum Gasteiger partial charge on any atom is 0.237 e. The van der Waals surface area contributed by atoms with Crippen LogP contribution in [0, 0.1) is 0 Å². The molecule has 1 aliphatic rings. The van der Waals surface area contributed by atoms with E-state index in [4.69, 9.17) is 4.74 Å². The Bertz CT molecular complexity index is 673. The van der Waals surface area contributed by atoms with Gasteiger partial charge < -0.3 is 15.4 Å². The zero-order chi connectivity index (χ0) is 16.1. The molecule has 0 spiro atoms. The second kappa shape index (κ2) is 7.62.